The number of benzene rings is 2. The van der Waals surface area contributed by atoms with Crippen molar-refractivity contribution in [2.75, 3.05) is 0 Å². The van der Waals surface area contributed by atoms with Crippen LogP contribution in [0.25, 0.3) is 0 Å². The lowest BCUT2D eigenvalue weighted by Crippen LogP contribution is -2.25. The van der Waals surface area contributed by atoms with Gasteiger partial charge in [-0.1, -0.05) is 55.3 Å². The summed E-state index contributed by atoms with van der Waals surface area (Å²) in [5.41, 5.74) is 1.92. The van der Waals surface area contributed by atoms with E-state index >= 15 is 0 Å². The number of hydrogen-bond acceptors (Lipinski definition) is 4. The fraction of sp³-hybridized carbons (Fsp3) is 0.292. The molecule has 0 fully saturated rings. The molecule has 3 rings (SSSR count). The minimum atomic E-state index is -1.22. The Hall–Kier alpha value is -3.12. The molecule has 1 N–H and O–H groups in total. The van der Waals surface area contributed by atoms with E-state index in [1.54, 1.807) is 41.0 Å². The van der Waals surface area contributed by atoms with Crippen LogP contribution in [-0.4, -0.2) is 20.6 Å². The van der Waals surface area contributed by atoms with Crippen molar-refractivity contribution in [3.8, 4) is 5.75 Å². The lowest BCUT2D eigenvalue weighted by atomic mass is 10.1. The van der Waals surface area contributed by atoms with E-state index in [1.807, 2.05) is 19.1 Å². The van der Waals surface area contributed by atoms with Crippen LogP contribution in [0.15, 0.2) is 59.4 Å². The summed E-state index contributed by atoms with van der Waals surface area (Å²) in [6, 6.07) is 15.3. The SMILES string of the molecule is CCCCc1nc(C)cc(=O)n1Cc1ccc(OC(C(=O)O)c2ccccc2Cl)cc1. The molecule has 1 atom stereocenters. The molecule has 6 nitrogen and oxygen atoms in total. The molecule has 0 radical (unpaired) electrons. The largest absolute Gasteiger partial charge is 0.478 e. The fourth-order valence-corrected chi connectivity index (χ4v) is 3.54. The highest BCUT2D eigenvalue weighted by Crippen LogP contribution is 2.28. The minimum Gasteiger partial charge on any atom is -0.478 e. The monoisotopic (exact) mass is 440 g/mol. The van der Waals surface area contributed by atoms with Gasteiger partial charge in [0, 0.05) is 28.8 Å². The first-order valence-electron chi connectivity index (χ1n) is 10.2. The number of aliphatic carboxylic acids is 1. The zero-order valence-electron chi connectivity index (χ0n) is 17.5. The zero-order valence-corrected chi connectivity index (χ0v) is 18.3. The number of aromatic nitrogens is 2. The number of carboxylic acids is 1. The van der Waals surface area contributed by atoms with Crippen molar-refractivity contribution in [1.82, 2.24) is 9.55 Å². The number of aryl methyl sites for hydroxylation is 2. The maximum absolute atomic E-state index is 12.5. The Morgan fingerprint density at radius 2 is 1.90 bits per heavy atom. The van der Waals surface area contributed by atoms with Crippen molar-refractivity contribution in [3.63, 3.8) is 0 Å². The van der Waals surface area contributed by atoms with Gasteiger partial charge >= 0.3 is 5.97 Å². The third-order valence-corrected chi connectivity index (χ3v) is 5.24. The first-order chi connectivity index (χ1) is 14.9. The van der Waals surface area contributed by atoms with Gasteiger partial charge in [-0.15, -0.1) is 0 Å². The van der Waals surface area contributed by atoms with E-state index < -0.39 is 12.1 Å². The molecule has 162 valence electrons. The lowest BCUT2D eigenvalue weighted by molar-refractivity contribution is -0.145. The van der Waals surface area contributed by atoms with Crippen molar-refractivity contribution >= 4 is 17.6 Å². The third-order valence-electron chi connectivity index (χ3n) is 4.90. The number of hydrogen-bond donors (Lipinski definition) is 1. The zero-order chi connectivity index (χ0) is 22.4. The first-order valence-corrected chi connectivity index (χ1v) is 10.6. The lowest BCUT2D eigenvalue weighted by Gasteiger charge is -2.17. The topological polar surface area (TPSA) is 81.4 Å². The molecule has 0 saturated heterocycles. The van der Waals surface area contributed by atoms with E-state index in [0.717, 1.165) is 36.3 Å². The number of unbranched alkanes of at least 4 members (excludes halogenated alkanes) is 1. The average Bonchev–Trinajstić information content (AvgIpc) is 2.74. The molecular formula is C24H25ClN2O4. The summed E-state index contributed by atoms with van der Waals surface area (Å²) in [5, 5.41) is 9.92. The molecule has 0 aliphatic rings. The Labute approximate surface area is 186 Å². The molecule has 0 bridgehead atoms. The van der Waals surface area contributed by atoms with E-state index in [9.17, 15) is 14.7 Å². The third kappa shape index (κ3) is 5.73. The van der Waals surface area contributed by atoms with Gasteiger partial charge < -0.3 is 9.84 Å². The minimum absolute atomic E-state index is 0.0800. The molecule has 0 amide bonds. The predicted molar refractivity (Wildman–Crippen MR) is 120 cm³/mol. The number of carbonyl (C=O) groups is 1. The van der Waals surface area contributed by atoms with Gasteiger partial charge in [-0.3, -0.25) is 9.36 Å². The normalized spacial score (nSPS) is 11.8. The van der Waals surface area contributed by atoms with Crippen LogP contribution in [0.5, 0.6) is 5.75 Å². The van der Waals surface area contributed by atoms with Crippen LogP contribution < -0.4 is 10.3 Å². The molecule has 1 heterocycles. The Kier molecular flexibility index (Phi) is 7.47. The quantitative estimate of drug-likeness (QED) is 0.516. The maximum Gasteiger partial charge on any atom is 0.349 e. The molecule has 0 saturated carbocycles. The highest BCUT2D eigenvalue weighted by atomic mass is 35.5. The van der Waals surface area contributed by atoms with E-state index in [2.05, 4.69) is 11.9 Å². The average molecular weight is 441 g/mol. The van der Waals surface area contributed by atoms with Crippen molar-refractivity contribution in [3.05, 3.63) is 92.6 Å². The summed E-state index contributed by atoms with van der Waals surface area (Å²) in [6.07, 6.45) is 1.50. The first kappa shape index (κ1) is 22.6. The van der Waals surface area contributed by atoms with Crippen molar-refractivity contribution < 1.29 is 14.6 Å². The highest BCUT2D eigenvalue weighted by molar-refractivity contribution is 6.31. The van der Waals surface area contributed by atoms with Gasteiger partial charge in [-0.05, 0) is 37.1 Å². The van der Waals surface area contributed by atoms with Crippen LogP contribution in [-0.2, 0) is 17.8 Å². The molecule has 1 aromatic heterocycles. The van der Waals surface area contributed by atoms with Crippen LogP contribution in [0.3, 0.4) is 0 Å². The Balaban J connectivity index is 1.80. The van der Waals surface area contributed by atoms with Crippen LogP contribution in [0.1, 0.15) is 48.5 Å². The van der Waals surface area contributed by atoms with Crippen LogP contribution >= 0.6 is 11.6 Å². The Bertz CT molecular complexity index is 1110. The van der Waals surface area contributed by atoms with E-state index in [4.69, 9.17) is 16.3 Å². The van der Waals surface area contributed by atoms with E-state index in [1.165, 1.54) is 6.07 Å². The second-order valence-corrected chi connectivity index (χ2v) is 7.75. The van der Waals surface area contributed by atoms with Crippen molar-refractivity contribution in [1.29, 1.82) is 0 Å². The summed E-state index contributed by atoms with van der Waals surface area (Å²) in [7, 11) is 0. The van der Waals surface area contributed by atoms with Crippen LogP contribution in [0.4, 0.5) is 0 Å². The Morgan fingerprint density at radius 3 is 2.55 bits per heavy atom. The van der Waals surface area contributed by atoms with Gasteiger partial charge in [0.15, 0.2) is 0 Å². The standard InChI is InChI=1S/C24H25ClN2O4/c1-3-4-9-21-26-16(2)14-22(28)27(21)15-17-10-12-18(13-11-17)31-23(24(29)30)19-7-5-6-8-20(19)25/h5-8,10-14,23H,3-4,9,15H2,1-2H3,(H,29,30). The van der Waals surface area contributed by atoms with Gasteiger partial charge in [0.1, 0.15) is 11.6 Å². The number of ether oxygens (including phenoxy) is 1. The molecule has 1 unspecified atom stereocenters. The summed E-state index contributed by atoms with van der Waals surface area (Å²) in [6.45, 7) is 4.31. The molecule has 31 heavy (non-hydrogen) atoms. The van der Waals surface area contributed by atoms with Gasteiger partial charge in [-0.2, -0.15) is 0 Å². The molecule has 3 aromatic rings. The molecule has 0 aliphatic heterocycles. The number of nitrogens with zero attached hydrogens (tertiary/aromatic N) is 2. The fourth-order valence-electron chi connectivity index (χ4n) is 3.30. The second kappa shape index (κ2) is 10.3. The smallest absolute Gasteiger partial charge is 0.349 e. The second-order valence-electron chi connectivity index (χ2n) is 7.34. The van der Waals surface area contributed by atoms with Gasteiger partial charge in [0.25, 0.3) is 5.56 Å². The number of rotatable bonds is 9. The molecule has 2 aromatic carbocycles. The molecule has 7 heteroatoms. The maximum atomic E-state index is 12.5. The molecule has 0 spiro atoms. The number of carboxylic acid groups (broad SMARTS) is 1. The molecular weight excluding hydrogens is 416 g/mol. The van der Waals surface area contributed by atoms with Gasteiger partial charge in [0.2, 0.25) is 6.10 Å². The van der Waals surface area contributed by atoms with Gasteiger partial charge in [-0.25, -0.2) is 9.78 Å². The summed E-state index contributed by atoms with van der Waals surface area (Å²) in [4.78, 5) is 28.8. The predicted octanol–water partition coefficient (Wildman–Crippen LogP) is 4.80. The van der Waals surface area contributed by atoms with Crippen LogP contribution in [0.2, 0.25) is 5.02 Å². The summed E-state index contributed by atoms with van der Waals surface area (Å²) >= 11 is 6.14. The van der Waals surface area contributed by atoms with Crippen LogP contribution in [0, 0.1) is 6.92 Å². The summed E-state index contributed by atoms with van der Waals surface area (Å²) in [5.74, 6) is 0.0449. The van der Waals surface area contributed by atoms with E-state index in [-0.39, 0.29) is 5.56 Å². The summed E-state index contributed by atoms with van der Waals surface area (Å²) < 4.78 is 7.38. The van der Waals surface area contributed by atoms with Crippen molar-refractivity contribution in [2.24, 2.45) is 0 Å². The molecule has 0 aliphatic carbocycles. The Morgan fingerprint density at radius 1 is 1.19 bits per heavy atom. The highest BCUT2D eigenvalue weighted by Gasteiger charge is 2.24. The van der Waals surface area contributed by atoms with Crippen molar-refractivity contribution in [2.45, 2.75) is 45.8 Å². The number of halogens is 1. The van der Waals surface area contributed by atoms with Gasteiger partial charge in [0.05, 0.1) is 6.54 Å². The van der Waals surface area contributed by atoms with E-state index in [0.29, 0.717) is 22.9 Å².